The van der Waals surface area contributed by atoms with Gasteiger partial charge in [-0.25, -0.2) is 4.79 Å². The molecule has 0 spiro atoms. The first-order valence-electron chi connectivity index (χ1n) is 10.6. The van der Waals surface area contributed by atoms with Crippen LogP contribution in [0.15, 0.2) is 109 Å². The first-order valence-corrected chi connectivity index (χ1v) is 10.6. The molecule has 0 aliphatic rings. The molecule has 0 aliphatic carbocycles. The van der Waals surface area contributed by atoms with Crippen LogP contribution >= 0.6 is 0 Å². The summed E-state index contributed by atoms with van der Waals surface area (Å²) in [6.45, 7) is 0.774. The van der Waals surface area contributed by atoms with Crippen molar-refractivity contribution in [1.29, 1.82) is 0 Å². The number of carbonyl (C=O) groups is 2. The number of carboxylic acids is 1. The summed E-state index contributed by atoms with van der Waals surface area (Å²) >= 11 is 0. The van der Waals surface area contributed by atoms with Gasteiger partial charge in [0, 0.05) is 18.7 Å². The third-order valence-corrected chi connectivity index (χ3v) is 5.14. The second kappa shape index (κ2) is 10.3. The van der Waals surface area contributed by atoms with Gasteiger partial charge in [-0.15, -0.1) is 0 Å². The van der Waals surface area contributed by atoms with Crippen LogP contribution in [0.4, 0.5) is 0 Å². The Morgan fingerprint density at radius 1 is 0.636 bits per heavy atom. The lowest BCUT2D eigenvalue weighted by Gasteiger charge is -2.23. The van der Waals surface area contributed by atoms with Gasteiger partial charge in [0.05, 0.1) is 5.56 Å². The Morgan fingerprint density at radius 2 is 1.18 bits per heavy atom. The van der Waals surface area contributed by atoms with E-state index in [1.165, 1.54) is 12.1 Å². The van der Waals surface area contributed by atoms with E-state index in [1.807, 2.05) is 84.9 Å². The summed E-state index contributed by atoms with van der Waals surface area (Å²) in [4.78, 5) is 26.4. The van der Waals surface area contributed by atoms with Gasteiger partial charge in [-0.1, -0.05) is 66.7 Å². The van der Waals surface area contributed by atoms with E-state index in [2.05, 4.69) is 0 Å². The highest BCUT2D eigenvalue weighted by molar-refractivity contribution is 5.97. The summed E-state index contributed by atoms with van der Waals surface area (Å²) in [6, 6.07) is 33.0. The van der Waals surface area contributed by atoms with Gasteiger partial charge >= 0.3 is 5.97 Å². The van der Waals surface area contributed by atoms with Crippen LogP contribution < -0.4 is 4.74 Å². The van der Waals surface area contributed by atoms with Crippen molar-refractivity contribution in [3.8, 4) is 11.5 Å². The quantitative estimate of drug-likeness (QED) is 0.366. The zero-order valence-corrected chi connectivity index (χ0v) is 17.9. The number of hydrogen-bond donors (Lipinski definition) is 1. The maximum atomic E-state index is 13.3. The molecule has 5 nitrogen and oxygen atoms in total. The third-order valence-electron chi connectivity index (χ3n) is 5.14. The van der Waals surface area contributed by atoms with E-state index in [9.17, 15) is 14.7 Å². The second-order valence-electron chi connectivity index (χ2n) is 7.59. The molecule has 0 saturated carbocycles. The van der Waals surface area contributed by atoms with E-state index in [0.717, 1.165) is 16.9 Å². The molecule has 0 atom stereocenters. The summed E-state index contributed by atoms with van der Waals surface area (Å²) in [5.74, 6) is 0.171. The van der Waals surface area contributed by atoms with Crippen molar-refractivity contribution in [2.45, 2.75) is 13.1 Å². The normalized spacial score (nSPS) is 10.4. The maximum Gasteiger partial charge on any atom is 0.335 e. The molecule has 0 fully saturated rings. The lowest BCUT2D eigenvalue weighted by molar-refractivity contribution is 0.0697. The number of carbonyl (C=O) groups excluding carboxylic acids is 1. The van der Waals surface area contributed by atoms with Gasteiger partial charge in [0.25, 0.3) is 5.91 Å². The summed E-state index contributed by atoms with van der Waals surface area (Å²) in [7, 11) is 0. The fourth-order valence-corrected chi connectivity index (χ4v) is 3.48. The van der Waals surface area contributed by atoms with Crippen LogP contribution in [0.1, 0.15) is 31.8 Å². The number of ether oxygens (including phenoxy) is 1. The molecule has 0 radical (unpaired) electrons. The SMILES string of the molecule is O=C(O)c1cccc(C(=O)N(Cc2ccccc2)Cc2ccc(Oc3ccccc3)cc2)c1. The Morgan fingerprint density at radius 3 is 1.82 bits per heavy atom. The van der Waals surface area contributed by atoms with Crippen LogP contribution in [0.5, 0.6) is 11.5 Å². The van der Waals surface area contributed by atoms with Gasteiger partial charge in [0.15, 0.2) is 0 Å². The molecule has 164 valence electrons. The minimum absolute atomic E-state index is 0.0860. The number of carboxylic acid groups (broad SMARTS) is 1. The number of hydrogen-bond acceptors (Lipinski definition) is 3. The molecule has 4 rings (SSSR count). The molecular formula is C28H23NO4. The average Bonchev–Trinajstić information content (AvgIpc) is 2.86. The molecule has 1 N–H and O–H groups in total. The van der Waals surface area contributed by atoms with Gasteiger partial charge in [0.1, 0.15) is 11.5 Å². The molecule has 0 aromatic heterocycles. The van der Waals surface area contributed by atoms with Crippen molar-refractivity contribution < 1.29 is 19.4 Å². The van der Waals surface area contributed by atoms with Gasteiger partial charge < -0.3 is 14.7 Å². The van der Waals surface area contributed by atoms with Gasteiger partial charge in [-0.05, 0) is 53.6 Å². The Kier molecular flexibility index (Phi) is 6.81. The number of nitrogens with zero attached hydrogens (tertiary/aromatic N) is 1. The zero-order valence-electron chi connectivity index (χ0n) is 17.9. The van der Waals surface area contributed by atoms with Crippen LogP contribution in [-0.2, 0) is 13.1 Å². The average molecular weight is 437 g/mol. The minimum Gasteiger partial charge on any atom is -0.478 e. The lowest BCUT2D eigenvalue weighted by atomic mass is 10.1. The molecule has 0 bridgehead atoms. The molecule has 4 aromatic rings. The predicted molar refractivity (Wildman–Crippen MR) is 126 cm³/mol. The largest absolute Gasteiger partial charge is 0.478 e. The van der Waals surface area contributed by atoms with Crippen LogP contribution in [0.25, 0.3) is 0 Å². The van der Waals surface area contributed by atoms with E-state index in [4.69, 9.17) is 4.74 Å². The summed E-state index contributed by atoms with van der Waals surface area (Å²) in [6.07, 6.45) is 0. The van der Waals surface area contributed by atoms with Crippen molar-refractivity contribution in [3.63, 3.8) is 0 Å². The third kappa shape index (κ3) is 5.86. The molecule has 0 saturated heterocycles. The Labute approximate surface area is 192 Å². The molecule has 0 unspecified atom stereocenters. The Balaban J connectivity index is 1.55. The molecule has 0 heterocycles. The predicted octanol–water partition coefficient (Wildman–Crippen LogP) is 6.02. The lowest BCUT2D eigenvalue weighted by Crippen LogP contribution is -2.30. The molecule has 4 aromatic carbocycles. The Hall–Kier alpha value is -4.38. The van der Waals surface area contributed by atoms with E-state index in [1.54, 1.807) is 17.0 Å². The van der Waals surface area contributed by atoms with Crippen molar-refractivity contribution in [2.75, 3.05) is 0 Å². The fraction of sp³-hybridized carbons (Fsp3) is 0.0714. The minimum atomic E-state index is -1.06. The van der Waals surface area contributed by atoms with E-state index < -0.39 is 5.97 Å². The second-order valence-corrected chi connectivity index (χ2v) is 7.59. The van der Waals surface area contributed by atoms with Crippen LogP contribution in [0.3, 0.4) is 0 Å². The maximum absolute atomic E-state index is 13.3. The number of benzene rings is 4. The summed E-state index contributed by atoms with van der Waals surface area (Å²) in [5, 5.41) is 9.30. The number of amides is 1. The van der Waals surface area contributed by atoms with Crippen molar-refractivity contribution in [1.82, 2.24) is 4.90 Å². The smallest absolute Gasteiger partial charge is 0.335 e. The van der Waals surface area contributed by atoms with Crippen LogP contribution in [0.2, 0.25) is 0 Å². The summed E-state index contributed by atoms with van der Waals surface area (Å²) in [5.41, 5.74) is 2.36. The van der Waals surface area contributed by atoms with Gasteiger partial charge in [-0.2, -0.15) is 0 Å². The standard InChI is InChI=1S/C28H23NO4/c30-27(23-10-7-11-24(18-23)28(31)32)29(19-21-8-3-1-4-9-21)20-22-14-16-26(17-15-22)33-25-12-5-2-6-13-25/h1-18H,19-20H2,(H,31,32). The topological polar surface area (TPSA) is 66.8 Å². The highest BCUT2D eigenvalue weighted by atomic mass is 16.5. The van der Waals surface area contributed by atoms with Crippen molar-refractivity contribution in [2.24, 2.45) is 0 Å². The highest BCUT2D eigenvalue weighted by Crippen LogP contribution is 2.22. The molecule has 33 heavy (non-hydrogen) atoms. The molecular weight excluding hydrogens is 414 g/mol. The van der Waals surface area contributed by atoms with E-state index in [0.29, 0.717) is 24.4 Å². The van der Waals surface area contributed by atoms with Crippen molar-refractivity contribution in [3.05, 3.63) is 131 Å². The Bertz CT molecular complexity index is 1220. The number of rotatable bonds is 8. The number of aromatic carboxylic acids is 1. The van der Waals surface area contributed by atoms with Gasteiger partial charge in [0.2, 0.25) is 0 Å². The van der Waals surface area contributed by atoms with E-state index >= 15 is 0 Å². The van der Waals surface area contributed by atoms with Gasteiger partial charge in [-0.3, -0.25) is 4.79 Å². The molecule has 1 amide bonds. The number of para-hydroxylation sites is 1. The first kappa shape index (κ1) is 21.8. The van der Waals surface area contributed by atoms with E-state index in [-0.39, 0.29) is 11.5 Å². The highest BCUT2D eigenvalue weighted by Gasteiger charge is 2.18. The zero-order chi connectivity index (χ0) is 23.0. The molecule has 0 aliphatic heterocycles. The first-order chi connectivity index (χ1) is 16.1. The van der Waals surface area contributed by atoms with Crippen LogP contribution in [0, 0.1) is 0 Å². The summed E-state index contributed by atoms with van der Waals surface area (Å²) < 4.78 is 5.85. The van der Waals surface area contributed by atoms with Crippen molar-refractivity contribution >= 4 is 11.9 Å². The van der Waals surface area contributed by atoms with Crippen LogP contribution in [-0.4, -0.2) is 21.9 Å². The molecule has 5 heteroatoms. The monoisotopic (exact) mass is 437 g/mol. The fourth-order valence-electron chi connectivity index (χ4n) is 3.48.